The van der Waals surface area contributed by atoms with Crippen molar-refractivity contribution in [3.63, 3.8) is 0 Å². The summed E-state index contributed by atoms with van der Waals surface area (Å²) in [6.45, 7) is 6.92. The Labute approximate surface area is 188 Å². The predicted octanol–water partition coefficient (Wildman–Crippen LogP) is 5.93. The highest BCUT2D eigenvalue weighted by atomic mass is 35.5. The van der Waals surface area contributed by atoms with Gasteiger partial charge in [-0.1, -0.05) is 48.0 Å². The molecule has 5 heteroatoms. The fourth-order valence-corrected chi connectivity index (χ4v) is 4.81. The quantitative estimate of drug-likeness (QED) is 0.375. The number of benzene rings is 2. The number of aromatic nitrogens is 2. The number of anilines is 1. The summed E-state index contributed by atoms with van der Waals surface area (Å²) in [4.78, 5) is 7.21. The Hall–Kier alpha value is -2.98. The molecule has 4 nitrogen and oxygen atoms in total. The molecule has 4 aromatic rings. The van der Waals surface area contributed by atoms with Crippen LogP contribution in [0.1, 0.15) is 27.9 Å². The van der Waals surface area contributed by atoms with Crippen LogP contribution in [0.4, 0.5) is 5.82 Å². The first kappa shape index (κ1) is 20.0. The molecule has 2 aromatic carbocycles. The van der Waals surface area contributed by atoms with Crippen LogP contribution in [0.2, 0.25) is 5.15 Å². The number of ether oxygens (including phenoxy) is 1. The lowest BCUT2D eigenvalue weighted by molar-refractivity contribution is 0.414. The number of fused-ring (bicyclic) bond motifs is 2. The van der Waals surface area contributed by atoms with Gasteiger partial charge in [-0.3, -0.25) is 0 Å². The third kappa shape index (κ3) is 3.55. The summed E-state index contributed by atoms with van der Waals surface area (Å²) in [5.74, 6) is 1.84. The summed E-state index contributed by atoms with van der Waals surface area (Å²) in [5, 5.41) is 1.73. The molecule has 0 saturated carbocycles. The Kier molecular flexibility index (Phi) is 5.11. The highest BCUT2D eigenvalue weighted by molar-refractivity contribution is 6.30. The summed E-state index contributed by atoms with van der Waals surface area (Å²) in [7, 11) is 1.69. The molecule has 0 saturated heterocycles. The first-order valence-electron chi connectivity index (χ1n) is 10.7. The maximum atomic E-state index is 6.51. The first-order chi connectivity index (χ1) is 15.0. The second-order valence-corrected chi connectivity index (χ2v) is 8.64. The van der Waals surface area contributed by atoms with Crippen LogP contribution in [0.15, 0.2) is 54.6 Å². The molecule has 1 aliphatic rings. The van der Waals surface area contributed by atoms with E-state index in [1.807, 2.05) is 18.2 Å². The minimum Gasteiger partial charge on any atom is -0.497 e. The van der Waals surface area contributed by atoms with Gasteiger partial charge in [0.15, 0.2) is 5.82 Å². The van der Waals surface area contributed by atoms with Crippen LogP contribution in [0.3, 0.4) is 0 Å². The standard InChI is InChI=1S/C26H26ClN3O/c1-17-18(2)30(15-19-8-10-22(31-3)11-9-19)25-23(17)14-24(27)28-26(25)29-13-12-20-6-4-5-7-21(20)16-29/h4-11,14H,12-13,15-16H2,1-3H3. The van der Waals surface area contributed by atoms with Crippen molar-refractivity contribution in [1.82, 2.24) is 9.55 Å². The topological polar surface area (TPSA) is 30.3 Å². The third-order valence-corrected chi connectivity index (χ3v) is 6.69. The van der Waals surface area contributed by atoms with Crippen LogP contribution in [-0.2, 0) is 19.5 Å². The van der Waals surface area contributed by atoms with E-state index < -0.39 is 0 Å². The van der Waals surface area contributed by atoms with E-state index >= 15 is 0 Å². The predicted molar refractivity (Wildman–Crippen MR) is 128 cm³/mol. The smallest absolute Gasteiger partial charge is 0.155 e. The average molecular weight is 432 g/mol. The summed E-state index contributed by atoms with van der Waals surface area (Å²) in [5.41, 5.74) is 7.68. The summed E-state index contributed by atoms with van der Waals surface area (Å²) in [6, 6.07) is 19.0. The molecule has 5 rings (SSSR count). The Bertz CT molecular complexity index is 1260. The van der Waals surface area contributed by atoms with Gasteiger partial charge in [0, 0.05) is 30.7 Å². The number of methoxy groups -OCH3 is 1. The van der Waals surface area contributed by atoms with Crippen LogP contribution >= 0.6 is 11.6 Å². The van der Waals surface area contributed by atoms with Gasteiger partial charge in [-0.05, 0) is 60.7 Å². The third-order valence-electron chi connectivity index (χ3n) is 6.49. The van der Waals surface area contributed by atoms with Gasteiger partial charge in [-0.15, -0.1) is 0 Å². The molecule has 0 aliphatic carbocycles. The van der Waals surface area contributed by atoms with Crippen molar-refractivity contribution in [2.24, 2.45) is 0 Å². The normalized spacial score (nSPS) is 13.5. The zero-order valence-electron chi connectivity index (χ0n) is 18.2. The minimum atomic E-state index is 0.547. The highest BCUT2D eigenvalue weighted by Gasteiger charge is 2.24. The number of hydrogen-bond acceptors (Lipinski definition) is 3. The van der Waals surface area contributed by atoms with E-state index in [9.17, 15) is 0 Å². The largest absolute Gasteiger partial charge is 0.497 e. The molecule has 158 valence electrons. The molecule has 3 heterocycles. The molecular weight excluding hydrogens is 406 g/mol. The van der Waals surface area contributed by atoms with E-state index in [1.165, 1.54) is 33.3 Å². The zero-order chi connectivity index (χ0) is 21.5. The molecular formula is C26H26ClN3O. The second kappa shape index (κ2) is 7.93. The van der Waals surface area contributed by atoms with Crippen LogP contribution < -0.4 is 9.64 Å². The number of nitrogens with zero attached hydrogens (tertiary/aromatic N) is 3. The van der Waals surface area contributed by atoms with Crippen molar-refractivity contribution in [1.29, 1.82) is 0 Å². The number of rotatable bonds is 4. The fourth-order valence-electron chi connectivity index (χ4n) is 4.62. The van der Waals surface area contributed by atoms with Gasteiger partial charge in [0.05, 0.1) is 12.6 Å². The first-order valence-corrected chi connectivity index (χ1v) is 11.0. The maximum absolute atomic E-state index is 6.51. The fraction of sp³-hybridized carbons (Fsp3) is 0.269. The lowest BCUT2D eigenvalue weighted by atomic mass is 10.00. The molecule has 0 N–H and O–H groups in total. The minimum absolute atomic E-state index is 0.547. The molecule has 0 atom stereocenters. The molecule has 0 bridgehead atoms. The van der Waals surface area contributed by atoms with Crippen LogP contribution in [0.5, 0.6) is 5.75 Å². The van der Waals surface area contributed by atoms with Crippen LogP contribution in [0.25, 0.3) is 10.9 Å². The molecule has 31 heavy (non-hydrogen) atoms. The molecule has 0 unspecified atom stereocenters. The number of aryl methyl sites for hydroxylation is 1. The number of hydrogen-bond donors (Lipinski definition) is 0. The van der Waals surface area contributed by atoms with Crippen molar-refractivity contribution in [3.8, 4) is 5.75 Å². The van der Waals surface area contributed by atoms with Gasteiger partial charge in [-0.25, -0.2) is 4.98 Å². The van der Waals surface area contributed by atoms with Crippen molar-refractivity contribution in [2.75, 3.05) is 18.6 Å². The molecule has 2 aromatic heterocycles. The van der Waals surface area contributed by atoms with Gasteiger partial charge in [0.25, 0.3) is 0 Å². The Balaban J connectivity index is 1.62. The van der Waals surface area contributed by atoms with Gasteiger partial charge in [0.2, 0.25) is 0 Å². The molecule has 0 spiro atoms. The molecule has 0 fully saturated rings. The average Bonchev–Trinajstić information content (AvgIpc) is 3.03. The lowest BCUT2D eigenvalue weighted by Crippen LogP contribution is -2.31. The number of halogens is 1. The van der Waals surface area contributed by atoms with E-state index in [1.54, 1.807) is 7.11 Å². The van der Waals surface area contributed by atoms with Crippen molar-refractivity contribution in [2.45, 2.75) is 33.4 Å². The zero-order valence-corrected chi connectivity index (χ0v) is 18.9. The molecule has 0 amide bonds. The van der Waals surface area contributed by atoms with E-state index in [2.05, 4.69) is 59.7 Å². The van der Waals surface area contributed by atoms with E-state index in [-0.39, 0.29) is 0 Å². The van der Waals surface area contributed by atoms with Gasteiger partial charge < -0.3 is 14.2 Å². The highest BCUT2D eigenvalue weighted by Crippen LogP contribution is 2.36. The van der Waals surface area contributed by atoms with E-state index in [0.29, 0.717) is 5.15 Å². The Morgan fingerprint density at radius 1 is 1.03 bits per heavy atom. The molecule has 0 radical (unpaired) electrons. The summed E-state index contributed by atoms with van der Waals surface area (Å²) >= 11 is 6.51. The Morgan fingerprint density at radius 3 is 2.52 bits per heavy atom. The van der Waals surface area contributed by atoms with Gasteiger partial charge in [-0.2, -0.15) is 0 Å². The monoisotopic (exact) mass is 431 g/mol. The lowest BCUT2D eigenvalue weighted by Gasteiger charge is -2.30. The van der Waals surface area contributed by atoms with Crippen LogP contribution in [-0.4, -0.2) is 23.2 Å². The Morgan fingerprint density at radius 2 is 1.77 bits per heavy atom. The van der Waals surface area contributed by atoms with Crippen molar-refractivity contribution < 1.29 is 4.74 Å². The van der Waals surface area contributed by atoms with Gasteiger partial charge >= 0.3 is 0 Å². The summed E-state index contributed by atoms with van der Waals surface area (Å²) < 4.78 is 7.70. The molecule has 1 aliphatic heterocycles. The summed E-state index contributed by atoms with van der Waals surface area (Å²) in [6.07, 6.45) is 1.02. The van der Waals surface area contributed by atoms with Gasteiger partial charge in [0.1, 0.15) is 10.9 Å². The second-order valence-electron chi connectivity index (χ2n) is 8.25. The van der Waals surface area contributed by atoms with Crippen LogP contribution in [0, 0.1) is 13.8 Å². The van der Waals surface area contributed by atoms with Crippen molar-refractivity contribution in [3.05, 3.63) is 87.7 Å². The van der Waals surface area contributed by atoms with E-state index in [0.717, 1.165) is 43.1 Å². The number of pyridine rings is 1. The SMILES string of the molecule is COc1ccc(Cn2c(C)c(C)c3cc(Cl)nc(N4CCc5ccccc5C4)c32)cc1. The maximum Gasteiger partial charge on any atom is 0.155 e. The van der Waals surface area contributed by atoms with Crippen molar-refractivity contribution >= 4 is 28.3 Å². The van der Waals surface area contributed by atoms with E-state index in [4.69, 9.17) is 21.3 Å².